The number of carbonyl (C=O) groups excluding carboxylic acids is 1. The topological polar surface area (TPSA) is 128 Å². The van der Waals surface area contributed by atoms with Gasteiger partial charge in [-0.25, -0.2) is 4.79 Å². The van der Waals surface area contributed by atoms with Crippen LogP contribution in [0.15, 0.2) is 0 Å². The van der Waals surface area contributed by atoms with Gasteiger partial charge in [-0.15, -0.1) is 0 Å². The van der Waals surface area contributed by atoms with Crippen LogP contribution in [0.5, 0.6) is 0 Å². The molecule has 0 heterocycles. The van der Waals surface area contributed by atoms with Crippen molar-refractivity contribution in [3.05, 3.63) is 12.7 Å². The fourth-order valence-corrected chi connectivity index (χ4v) is 1.83. The Kier molecular flexibility index (Phi) is 12.4. The summed E-state index contributed by atoms with van der Waals surface area (Å²) in [7, 11) is 0. The van der Waals surface area contributed by atoms with Gasteiger partial charge in [0, 0.05) is 6.92 Å². The third-order valence-corrected chi connectivity index (χ3v) is 2.96. The summed E-state index contributed by atoms with van der Waals surface area (Å²) in [6.07, 6.45) is 4.18. The van der Waals surface area contributed by atoms with Crippen LogP contribution >= 0.6 is 0 Å². The molecule has 1 amide bonds. The molecule has 1 saturated carbocycles. The predicted molar refractivity (Wildman–Crippen MR) is 72.9 cm³/mol. The van der Waals surface area contributed by atoms with E-state index in [0.29, 0.717) is 5.92 Å². The number of carboxylic acids is 2. The van der Waals surface area contributed by atoms with Crippen LogP contribution in [0.2, 0.25) is 0 Å². The van der Waals surface area contributed by atoms with Gasteiger partial charge in [0.15, 0.2) is 0 Å². The third-order valence-electron chi connectivity index (χ3n) is 2.96. The van der Waals surface area contributed by atoms with Crippen LogP contribution in [0.4, 0.5) is 0 Å². The number of amides is 1. The van der Waals surface area contributed by atoms with Crippen molar-refractivity contribution in [2.75, 3.05) is 0 Å². The van der Waals surface area contributed by atoms with Gasteiger partial charge in [0.1, 0.15) is 6.04 Å². The summed E-state index contributed by atoms with van der Waals surface area (Å²) in [5.74, 6) is -2.77. The van der Waals surface area contributed by atoms with Gasteiger partial charge in [-0.05, 0) is 0 Å². The first-order valence-corrected chi connectivity index (χ1v) is 6.50. The molecule has 8 heteroatoms. The normalized spacial score (nSPS) is 21.9. The molecule has 1 rings (SSSR count). The van der Waals surface area contributed by atoms with Crippen molar-refractivity contribution in [2.24, 2.45) is 5.92 Å². The Labute approximate surface area is 138 Å². The van der Waals surface area contributed by atoms with Crippen LogP contribution in [0.3, 0.4) is 0 Å². The van der Waals surface area contributed by atoms with E-state index >= 15 is 0 Å². The average Bonchev–Trinajstić information content (AvgIpc) is 2.32. The van der Waals surface area contributed by atoms with Crippen molar-refractivity contribution in [1.29, 1.82) is 0 Å². The first-order chi connectivity index (χ1) is 9.23. The monoisotopic (exact) mass is 481 g/mol. The standard InChI is InChI=1S/C7H13N.C6H9NO5.Pt/c1-6-4-2-3-5-7(6)8;1-3(8)7-4(6(11)12)2-5(9)10;/h6-8H,1-5H2;4H,2H2,1H3,(H,7,8)(H,9,10)(H,11,12);/q-2;;+2. The molecule has 124 valence electrons. The van der Waals surface area contributed by atoms with Crippen LogP contribution < -0.4 is 5.32 Å². The first-order valence-electron chi connectivity index (χ1n) is 6.50. The van der Waals surface area contributed by atoms with E-state index in [9.17, 15) is 14.4 Å². The van der Waals surface area contributed by atoms with Crippen molar-refractivity contribution >= 4 is 17.8 Å². The van der Waals surface area contributed by atoms with Crippen molar-refractivity contribution in [2.45, 2.75) is 51.1 Å². The molecule has 0 aromatic heterocycles. The van der Waals surface area contributed by atoms with E-state index in [4.69, 9.17) is 15.9 Å². The zero-order chi connectivity index (χ0) is 15.7. The van der Waals surface area contributed by atoms with E-state index in [-0.39, 0.29) is 27.1 Å². The maximum absolute atomic E-state index is 10.4. The third kappa shape index (κ3) is 11.4. The van der Waals surface area contributed by atoms with E-state index in [1.54, 1.807) is 0 Å². The van der Waals surface area contributed by atoms with E-state index in [2.05, 4.69) is 6.92 Å². The zero-order valence-corrected chi connectivity index (χ0v) is 14.2. The number of aliphatic carboxylic acids is 2. The van der Waals surface area contributed by atoms with Crippen molar-refractivity contribution in [3.8, 4) is 0 Å². The van der Waals surface area contributed by atoms with Crippen molar-refractivity contribution in [1.82, 2.24) is 5.32 Å². The Morgan fingerprint density at radius 1 is 1.29 bits per heavy atom. The fraction of sp³-hybridized carbons (Fsp3) is 0.692. The van der Waals surface area contributed by atoms with Crippen LogP contribution in [-0.4, -0.2) is 40.1 Å². The van der Waals surface area contributed by atoms with E-state index < -0.39 is 30.3 Å². The Hall–Kier alpha value is -0.942. The summed E-state index contributed by atoms with van der Waals surface area (Å²) in [6.45, 7) is 5.01. The summed E-state index contributed by atoms with van der Waals surface area (Å²) >= 11 is 0. The number of hydrogen-bond acceptors (Lipinski definition) is 3. The first kappa shape index (κ1) is 22.3. The van der Waals surface area contributed by atoms with Crippen LogP contribution in [0.1, 0.15) is 39.0 Å². The van der Waals surface area contributed by atoms with Crippen LogP contribution in [-0.2, 0) is 35.4 Å². The SMILES string of the molecule is CC(=O)NC(CC(=O)O)C(=O)O.[CH2-]C1CCCCC1[NH-].[Pt+2]. The number of rotatable bonds is 4. The van der Waals surface area contributed by atoms with Gasteiger partial charge in [-0.3, -0.25) is 9.59 Å². The molecule has 3 unspecified atom stereocenters. The molecular weight excluding hydrogens is 459 g/mol. The molecule has 0 bridgehead atoms. The van der Waals surface area contributed by atoms with Crippen LogP contribution in [0.25, 0.3) is 5.73 Å². The molecule has 0 saturated heterocycles. The van der Waals surface area contributed by atoms with Gasteiger partial charge in [-0.2, -0.15) is 12.0 Å². The fourth-order valence-electron chi connectivity index (χ4n) is 1.83. The quantitative estimate of drug-likeness (QED) is 0.525. The van der Waals surface area contributed by atoms with Gasteiger partial charge in [0.05, 0.1) is 6.42 Å². The van der Waals surface area contributed by atoms with Crippen molar-refractivity contribution in [3.63, 3.8) is 0 Å². The molecule has 4 N–H and O–H groups in total. The smallest absolute Gasteiger partial charge is 0.677 e. The summed E-state index contributed by atoms with van der Waals surface area (Å²) < 4.78 is 0. The minimum absolute atomic E-state index is 0. The summed E-state index contributed by atoms with van der Waals surface area (Å²) in [5, 5.41) is 18.6. The summed E-state index contributed by atoms with van der Waals surface area (Å²) in [4.78, 5) is 30.7. The number of nitrogens with one attached hydrogen (secondary N) is 2. The molecule has 7 nitrogen and oxygen atoms in total. The zero-order valence-electron chi connectivity index (χ0n) is 11.9. The second-order valence-electron chi connectivity index (χ2n) is 4.84. The molecule has 0 spiro atoms. The summed E-state index contributed by atoms with van der Waals surface area (Å²) in [6, 6.07) is -1.20. The van der Waals surface area contributed by atoms with E-state index in [1.165, 1.54) is 19.3 Å². The minimum atomic E-state index is -1.35. The van der Waals surface area contributed by atoms with Gasteiger partial charge >= 0.3 is 33.0 Å². The molecule has 1 aliphatic carbocycles. The average molecular weight is 481 g/mol. The second-order valence-corrected chi connectivity index (χ2v) is 4.84. The molecular formula is C13H22N2O5Pt. The van der Waals surface area contributed by atoms with Gasteiger partial charge in [0.2, 0.25) is 5.91 Å². The number of carboxylic acid groups (broad SMARTS) is 2. The molecule has 0 aromatic carbocycles. The number of carbonyl (C=O) groups is 3. The Bertz CT molecular complexity index is 325. The Morgan fingerprint density at radius 3 is 2.10 bits per heavy atom. The largest absolute Gasteiger partial charge is 2.00 e. The number of hydrogen-bond donors (Lipinski definition) is 3. The summed E-state index contributed by atoms with van der Waals surface area (Å²) in [5.41, 5.74) is 7.42. The van der Waals surface area contributed by atoms with Gasteiger partial charge < -0.3 is 28.2 Å². The Morgan fingerprint density at radius 2 is 1.81 bits per heavy atom. The molecule has 3 atom stereocenters. The van der Waals surface area contributed by atoms with E-state index in [1.807, 2.05) is 5.32 Å². The molecule has 0 radical (unpaired) electrons. The molecule has 1 aliphatic rings. The van der Waals surface area contributed by atoms with Crippen LogP contribution in [0, 0.1) is 12.8 Å². The van der Waals surface area contributed by atoms with Crippen molar-refractivity contribution < 1.29 is 45.7 Å². The molecule has 1 fully saturated rings. The predicted octanol–water partition coefficient (Wildman–Crippen LogP) is 1.48. The molecule has 0 aliphatic heterocycles. The maximum Gasteiger partial charge on any atom is 2.00 e. The maximum atomic E-state index is 10.4. The minimum Gasteiger partial charge on any atom is -0.677 e. The Balaban J connectivity index is 0. The van der Waals surface area contributed by atoms with Gasteiger partial charge in [0.25, 0.3) is 0 Å². The molecule has 21 heavy (non-hydrogen) atoms. The van der Waals surface area contributed by atoms with E-state index in [0.717, 1.165) is 13.3 Å². The molecule has 0 aromatic rings. The second kappa shape index (κ2) is 11.7. The van der Waals surface area contributed by atoms with Gasteiger partial charge in [-0.1, -0.05) is 25.7 Å².